The van der Waals surface area contributed by atoms with Crippen LogP contribution in [-0.2, 0) is 11.8 Å². The van der Waals surface area contributed by atoms with E-state index >= 15 is 0 Å². The van der Waals surface area contributed by atoms with Crippen molar-refractivity contribution in [1.82, 2.24) is 19.7 Å². The largest absolute Gasteiger partial charge is 0.380 e. The van der Waals surface area contributed by atoms with Crippen LogP contribution < -0.4 is 4.90 Å². The number of rotatable bonds is 3. The summed E-state index contributed by atoms with van der Waals surface area (Å²) in [6.07, 6.45) is 2.59. The van der Waals surface area contributed by atoms with E-state index in [0.29, 0.717) is 12.1 Å². The molecule has 0 unspecified atom stereocenters. The molecule has 7 heteroatoms. The minimum Gasteiger partial charge on any atom is -0.380 e. The van der Waals surface area contributed by atoms with Crippen molar-refractivity contribution in [3.05, 3.63) is 47.9 Å². The lowest BCUT2D eigenvalue weighted by Gasteiger charge is -2.27. The minimum absolute atomic E-state index is 0.0192. The van der Waals surface area contributed by atoms with Gasteiger partial charge in [0, 0.05) is 43.9 Å². The number of aromatic nitrogens is 4. The van der Waals surface area contributed by atoms with E-state index in [2.05, 4.69) is 20.1 Å². The first kappa shape index (κ1) is 16.0. The SMILES string of the molecule is CO[C@@H]1C[C@@H](c2nncn2C)N(c2cc(C)nc3c(F)cccc23)C1. The van der Waals surface area contributed by atoms with E-state index in [9.17, 15) is 4.39 Å². The second-order valence-electron chi connectivity index (χ2n) is 6.48. The van der Waals surface area contributed by atoms with Crippen LogP contribution in [0.15, 0.2) is 30.6 Å². The van der Waals surface area contributed by atoms with E-state index in [4.69, 9.17) is 4.74 Å². The van der Waals surface area contributed by atoms with Crippen LogP contribution in [0.4, 0.5) is 10.1 Å². The molecule has 3 heterocycles. The van der Waals surface area contributed by atoms with Crippen LogP contribution in [0, 0.1) is 12.7 Å². The molecule has 0 radical (unpaired) electrons. The number of pyridine rings is 1. The maximum atomic E-state index is 14.3. The first-order chi connectivity index (χ1) is 12.1. The van der Waals surface area contributed by atoms with Crippen LogP contribution in [0.2, 0.25) is 0 Å². The summed E-state index contributed by atoms with van der Waals surface area (Å²) in [7, 11) is 3.65. The van der Waals surface area contributed by atoms with Gasteiger partial charge >= 0.3 is 0 Å². The molecule has 1 fully saturated rings. The number of aryl methyl sites for hydroxylation is 2. The molecule has 1 aliphatic heterocycles. The maximum Gasteiger partial charge on any atom is 0.155 e. The van der Waals surface area contributed by atoms with Crippen LogP contribution in [0.5, 0.6) is 0 Å². The summed E-state index contributed by atoms with van der Waals surface area (Å²) in [5.41, 5.74) is 2.13. The van der Waals surface area contributed by atoms with Gasteiger partial charge in [-0.2, -0.15) is 0 Å². The van der Waals surface area contributed by atoms with Crippen LogP contribution in [-0.4, -0.2) is 39.5 Å². The highest BCUT2D eigenvalue weighted by atomic mass is 19.1. The predicted molar refractivity (Wildman–Crippen MR) is 92.9 cm³/mol. The average molecular weight is 341 g/mol. The lowest BCUT2D eigenvalue weighted by molar-refractivity contribution is 0.118. The summed E-state index contributed by atoms with van der Waals surface area (Å²) >= 11 is 0. The van der Waals surface area contributed by atoms with E-state index in [0.717, 1.165) is 29.0 Å². The van der Waals surface area contributed by atoms with Crippen molar-refractivity contribution in [3.63, 3.8) is 0 Å². The van der Waals surface area contributed by atoms with Crippen molar-refractivity contribution in [2.24, 2.45) is 7.05 Å². The summed E-state index contributed by atoms with van der Waals surface area (Å²) in [5.74, 6) is 0.568. The molecular formula is C18H20FN5O. The summed E-state index contributed by atoms with van der Waals surface area (Å²) in [6, 6.07) is 7.10. The molecule has 0 spiro atoms. The molecule has 4 rings (SSSR count). The molecule has 25 heavy (non-hydrogen) atoms. The fraction of sp³-hybridized carbons (Fsp3) is 0.389. The highest BCUT2D eigenvalue weighted by molar-refractivity contribution is 5.92. The standard InChI is InChI=1S/C18H20FN5O/c1-11-7-15(13-5-4-6-14(19)17(13)21-11)24-9-12(25-3)8-16(24)18-22-20-10-23(18)2/h4-7,10,12,16H,8-9H2,1-3H3/t12-,16+/m1/s1. The summed E-state index contributed by atoms with van der Waals surface area (Å²) in [4.78, 5) is 6.62. The van der Waals surface area contributed by atoms with Gasteiger partial charge in [-0.3, -0.25) is 0 Å². The Morgan fingerprint density at radius 2 is 2.16 bits per heavy atom. The quantitative estimate of drug-likeness (QED) is 0.733. The Balaban J connectivity index is 1.88. The molecule has 0 saturated carbocycles. The first-order valence-corrected chi connectivity index (χ1v) is 8.27. The van der Waals surface area contributed by atoms with Crippen molar-refractivity contribution in [2.45, 2.75) is 25.5 Å². The van der Waals surface area contributed by atoms with E-state index in [-0.39, 0.29) is 18.0 Å². The third kappa shape index (κ3) is 2.64. The smallest absolute Gasteiger partial charge is 0.155 e. The molecule has 0 bridgehead atoms. The highest BCUT2D eigenvalue weighted by Crippen LogP contribution is 2.39. The lowest BCUT2D eigenvalue weighted by Crippen LogP contribution is -2.26. The molecule has 1 aliphatic rings. The fourth-order valence-electron chi connectivity index (χ4n) is 3.63. The van der Waals surface area contributed by atoms with E-state index in [1.165, 1.54) is 6.07 Å². The van der Waals surface area contributed by atoms with Gasteiger partial charge in [0.1, 0.15) is 17.7 Å². The number of methoxy groups -OCH3 is 1. The molecule has 3 aromatic rings. The Morgan fingerprint density at radius 3 is 2.88 bits per heavy atom. The van der Waals surface area contributed by atoms with Gasteiger partial charge in [-0.1, -0.05) is 12.1 Å². The van der Waals surface area contributed by atoms with Crippen molar-refractivity contribution in [1.29, 1.82) is 0 Å². The van der Waals surface area contributed by atoms with Gasteiger partial charge < -0.3 is 14.2 Å². The lowest BCUT2D eigenvalue weighted by atomic mass is 10.1. The zero-order valence-corrected chi connectivity index (χ0v) is 14.5. The molecule has 0 N–H and O–H groups in total. The normalized spacial score (nSPS) is 20.6. The fourth-order valence-corrected chi connectivity index (χ4v) is 3.63. The molecule has 1 saturated heterocycles. The van der Waals surface area contributed by atoms with Gasteiger partial charge in [-0.05, 0) is 19.1 Å². The Bertz CT molecular complexity index is 925. The van der Waals surface area contributed by atoms with Crippen LogP contribution in [0.1, 0.15) is 24.0 Å². The summed E-state index contributed by atoms with van der Waals surface area (Å²) in [6.45, 7) is 2.60. The number of hydrogen-bond donors (Lipinski definition) is 0. The zero-order chi connectivity index (χ0) is 17.6. The van der Waals surface area contributed by atoms with Gasteiger partial charge in [-0.25, -0.2) is 9.37 Å². The van der Waals surface area contributed by atoms with Crippen molar-refractivity contribution >= 4 is 16.6 Å². The maximum absolute atomic E-state index is 14.3. The van der Waals surface area contributed by atoms with Gasteiger partial charge in [0.2, 0.25) is 0 Å². The van der Waals surface area contributed by atoms with Crippen molar-refractivity contribution in [3.8, 4) is 0 Å². The number of anilines is 1. The second-order valence-corrected chi connectivity index (χ2v) is 6.48. The number of para-hydroxylation sites is 1. The predicted octanol–water partition coefficient (Wildman–Crippen LogP) is 2.78. The number of benzene rings is 1. The van der Waals surface area contributed by atoms with Crippen LogP contribution >= 0.6 is 0 Å². The number of halogens is 1. The summed E-state index contributed by atoms with van der Waals surface area (Å²) in [5, 5.41) is 9.10. The molecular weight excluding hydrogens is 321 g/mol. The van der Waals surface area contributed by atoms with Gasteiger partial charge in [0.05, 0.1) is 12.1 Å². The van der Waals surface area contributed by atoms with E-state index < -0.39 is 0 Å². The Kier molecular flexibility index (Phi) is 3.88. The third-order valence-electron chi connectivity index (χ3n) is 4.85. The van der Waals surface area contributed by atoms with Crippen molar-refractivity contribution < 1.29 is 9.13 Å². The number of nitrogens with zero attached hydrogens (tertiary/aromatic N) is 5. The third-order valence-corrected chi connectivity index (χ3v) is 4.85. The second kappa shape index (κ2) is 6.07. The monoisotopic (exact) mass is 341 g/mol. The Hall–Kier alpha value is -2.54. The van der Waals surface area contributed by atoms with E-state index in [1.807, 2.05) is 30.7 Å². The molecule has 0 aliphatic carbocycles. The molecule has 0 amide bonds. The molecule has 6 nitrogen and oxygen atoms in total. The Labute approximate surface area is 145 Å². The summed E-state index contributed by atoms with van der Waals surface area (Å²) < 4.78 is 21.8. The average Bonchev–Trinajstić information content (AvgIpc) is 3.20. The molecule has 2 atom stereocenters. The van der Waals surface area contributed by atoms with Gasteiger partial charge in [-0.15, -0.1) is 10.2 Å². The molecule has 1 aromatic carbocycles. The minimum atomic E-state index is -0.305. The molecule has 130 valence electrons. The molecule has 2 aromatic heterocycles. The number of hydrogen-bond acceptors (Lipinski definition) is 5. The highest BCUT2D eigenvalue weighted by Gasteiger charge is 2.37. The Morgan fingerprint density at radius 1 is 1.32 bits per heavy atom. The number of fused-ring (bicyclic) bond motifs is 1. The van der Waals surface area contributed by atoms with Crippen LogP contribution in [0.25, 0.3) is 10.9 Å². The van der Waals surface area contributed by atoms with Crippen molar-refractivity contribution in [2.75, 3.05) is 18.6 Å². The van der Waals surface area contributed by atoms with Crippen LogP contribution in [0.3, 0.4) is 0 Å². The van der Waals surface area contributed by atoms with E-state index in [1.54, 1.807) is 19.5 Å². The number of ether oxygens (including phenoxy) is 1. The first-order valence-electron chi connectivity index (χ1n) is 8.27. The van der Waals surface area contributed by atoms with Gasteiger partial charge in [0.15, 0.2) is 5.82 Å². The topological polar surface area (TPSA) is 56.1 Å². The van der Waals surface area contributed by atoms with Gasteiger partial charge in [0.25, 0.3) is 0 Å². The zero-order valence-electron chi connectivity index (χ0n) is 14.5.